The van der Waals surface area contributed by atoms with Crippen molar-refractivity contribution in [3.8, 4) is 11.6 Å². The van der Waals surface area contributed by atoms with E-state index in [0.717, 1.165) is 22.4 Å². The van der Waals surface area contributed by atoms with Gasteiger partial charge in [0.25, 0.3) is 0 Å². The van der Waals surface area contributed by atoms with Crippen LogP contribution in [0.1, 0.15) is 29.5 Å². The number of benzene rings is 1. The molecule has 2 aromatic rings. The van der Waals surface area contributed by atoms with E-state index in [1.54, 1.807) is 25.3 Å². The zero-order chi connectivity index (χ0) is 13.4. The van der Waals surface area contributed by atoms with Gasteiger partial charge in [-0.05, 0) is 23.3 Å². The Bertz CT molecular complexity index is 657. The van der Waals surface area contributed by atoms with Crippen molar-refractivity contribution in [3.05, 3.63) is 53.2 Å². The van der Waals surface area contributed by atoms with Crippen LogP contribution in [0, 0.1) is 0 Å². The summed E-state index contributed by atoms with van der Waals surface area (Å²) in [5.74, 6) is -0.337. The average Bonchev–Trinajstić information content (AvgIpc) is 2.43. The summed E-state index contributed by atoms with van der Waals surface area (Å²) in [6.45, 7) is 1.62. The molecule has 1 aliphatic rings. The summed E-state index contributed by atoms with van der Waals surface area (Å²) in [6, 6.07) is 9.24. The molecule has 0 bridgehead atoms. The van der Waals surface area contributed by atoms with E-state index in [2.05, 4.69) is 4.98 Å². The molecular formula is C15H12NNaO3. The van der Waals surface area contributed by atoms with Gasteiger partial charge in [0.1, 0.15) is 5.75 Å². The molecule has 3 rings (SSSR count). The number of pyridine rings is 1. The largest absolute Gasteiger partial charge is 1.00 e. The van der Waals surface area contributed by atoms with Gasteiger partial charge >= 0.3 is 29.6 Å². The molecule has 4 nitrogen and oxygen atoms in total. The number of aliphatic carboxylic acids is 1. The van der Waals surface area contributed by atoms with Crippen molar-refractivity contribution in [2.45, 2.75) is 19.3 Å². The Labute approximate surface area is 139 Å². The SMILES string of the molecule is CC(C(=O)[O-])c1ccc2c(c1)Cc1cccnc1O2.[Na+]. The first kappa shape index (κ1) is 15.0. The number of fused-ring (bicyclic) bond motifs is 2. The second-order valence-electron chi connectivity index (χ2n) is 4.65. The Morgan fingerprint density at radius 3 is 2.90 bits per heavy atom. The Morgan fingerprint density at radius 1 is 1.35 bits per heavy atom. The molecule has 1 atom stereocenters. The van der Waals surface area contributed by atoms with Crippen molar-refractivity contribution in [2.75, 3.05) is 0 Å². The molecule has 0 amide bonds. The summed E-state index contributed by atoms with van der Waals surface area (Å²) in [5, 5.41) is 10.9. The second kappa shape index (κ2) is 5.95. The molecule has 0 radical (unpaired) electrons. The van der Waals surface area contributed by atoms with Crippen LogP contribution in [0.3, 0.4) is 0 Å². The van der Waals surface area contributed by atoms with Crippen LogP contribution < -0.4 is 39.4 Å². The number of ether oxygens (including phenoxy) is 1. The summed E-state index contributed by atoms with van der Waals surface area (Å²) < 4.78 is 5.70. The third-order valence-electron chi connectivity index (χ3n) is 3.38. The Hall–Kier alpha value is -1.36. The minimum Gasteiger partial charge on any atom is -0.550 e. The number of aromatic nitrogens is 1. The van der Waals surface area contributed by atoms with Gasteiger partial charge in [-0.15, -0.1) is 0 Å². The quantitative estimate of drug-likeness (QED) is 0.543. The number of carbonyl (C=O) groups is 1. The predicted molar refractivity (Wildman–Crippen MR) is 67.0 cm³/mol. The van der Waals surface area contributed by atoms with Crippen molar-refractivity contribution in [2.24, 2.45) is 0 Å². The maximum atomic E-state index is 10.9. The van der Waals surface area contributed by atoms with E-state index in [9.17, 15) is 9.90 Å². The molecule has 1 aromatic carbocycles. The number of carbonyl (C=O) groups excluding carboxylic acids is 1. The topological polar surface area (TPSA) is 62.2 Å². The molecule has 1 aliphatic heterocycles. The van der Waals surface area contributed by atoms with Gasteiger partial charge < -0.3 is 14.6 Å². The molecule has 0 spiro atoms. The van der Waals surface area contributed by atoms with Gasteiger partial charge in [-0.3, -0.25) is 0 Å². The third kappa shape index (κ3) is 2.73. The molecule has 96 valence electrons. The molecule has 2 heterocycles. The number of nitrogens with zero attached hydrogens (tertiary/aromatic N) is 1. The number of carboxylic acid groups (broad SMARTS) is 1. The number of hydrogen-bond donors (Lipinski definition) is 0. The van der Waals surface area contributed by atoms with Crippen LogP contribution >= 0.6 is 0 Å². The van der Waals surface area contributed by atoms with Gasteiger partial charge in [0.2, 0.25) is 5.88 Å². The molecule has 0 aliphatic carbocycles. The molecule has 0 saturated heterocycles. The molecule has 20 heavy (non-hydrogen) atoms. The van der Waals surface area contributed by atoms with Crippen molar-refractivity contribution >= 4 is 5.97 Å². The Morgan fingerprint density at radius 2 is 2.15 bits per heavy atom. The summed E-state index contributed by atoms with van der Waals surface area (Å²) >= 11 is 0. The molecule has 0 N–H and O–H groups in total. The van der Waals surface area contributed by atoms with E-state index in [0.29, 0.717) is 12.3 Å². The Kier molecular flexibility index (Phi) is 4.48. The predicted octanol–water partition coefficient (Wildman–Crippen LogP) is -1.36. The monoisotopic (exact) mass is 277 g/mol. The third-order valence-corrected chi connectivity index (χ3v) is 3.38. The number of carboxylic acids is 1. The number of hydrogen-bond acceptors (Lipinski definition) is 4. The van der Waals surface area contributed by atoms with Gasteiger partial charge in [-0.25, -0.2) is 4.98 Å². The van der Waals surface area contributed by atoms with E-state index in [1.807, 2.05) is 18.2 Å². The van der Waals surface area contributed by atoms with Crippen LogP contribution in [0.15, 0.2) is 36.5 Å². The van der Waals surface area contributed by atoms with Crippen LogP contribution in [-0.4, -0.2) is 11.0 Å². The first-order valence-electron chi connectivity index (χ1n) is 6.10. The van der Waals surface area contributed by atoms with Crippen LogP contribution in [-0.2, 0) is 11.2 Å². The average molecular weight is 277 g/mol. The van der Waals surface area contributed by atoms with E-state index < -0.39 is 11.9 Å². The second-order valence-corrected chi connectivity index (χ2v) is 4.65. The summed E-state index contributed by atoms with van der Waals surface area (Å²) in [5.41, 5.74) is 2.72. The van der Waals surface area contributed by atoms with Crippen LogP contribution in [0.2, 0.25) is 0 Å². The van der Waals surface area contributed by atoms with Gasteiger partial charge in [0.05, 0.1) is 0 Å². The maximum Gasteiger partial charge on any atom is 1.00 e. The normalized spacial score (nSPS) is 13.2. The van der Waals surface area contributed by atoms with Crippen LogP contribution in [0.5, 0.6) is 11.6 Å². The zero-order valence-electron chi connectivity index (χ0n) is 11.4. The zero-order valence-corrected chi connectivity index (χ0v) is 13.4. The van der Waals surface area contributed by atoms with Crippen LogP contribution in [0.4, 0.5) is 0 Å². The minimum absolute atomic E-state index is 0. The molecule has 1 aromatic heterocycles. The first-order chi connectivity index (χ1) is 9.15. The van der Waals surface area contributed by atoms with Crippen LogP contribution in [0.25, 0.3) is 0 Å². The summed E-state index contributed by atoms with van der Waals surface area (Å²) in [4.78, 5) is 15.1. The number of rotatable bonds is 2. The van der Waals surface area contributed by atoms with E-state index in [4.69, 9.17) is 4.74 Å². The van der Waals surface area contributed by atoms with Crippen molar-refractivity contribution in [1.82, 2.24) is 4.98 Å². The smallest absolute Gasteiger partial charge is 0.550 e. The molecular weight excluding hydrogens is 265 g/mol. The fraction of sp³-hybridized carbons (Fsp3) is 0.200. The van der Waals surface area contributed by atoms with Crippen molar-refractivity contribution in [3.63, 3.8) is 0 Å². The van der Waals surface area contributed by atoms with Gasteiger partial charge in [-0.1, -0.05) is 25.1 Å². The van der Waals surface area contributed by atoms with Crippen molar-refractivity contribution < 1.29 is 44.2 Å². The van der Waals surface area contributed by atoms with E-state index in [1.165, 1.54) is 0 Å². The van der Waals surface area contributed by atoms with E-state index >= 15 is 0 Å². The molecule has 0 saturated carbocycles. The first-order valence-corrected chi connectivity index (χ1v) is 6.10. The molecule has 1 unspecified atom stereocenters. The van der Waals surface area contributed by atoms with Gasteiger partial charge in [0.15, 0.2) is 0 Å². The molecule has 0 fully saturated rings. The minimum atomic E-state index is -1.07. The Balaban J connectivity index is 0.00000147. The summed E-state index contributed by atoms with van der Waals surface area (Å²) in [7, 11) is 0. The fourth-order valence-corrected chi connectivity index (χ4v) is 2.20. The summed E-state index contributed by atoms with van der Waals surface area (Å²) in [6.07, 6.45) is 2.39. The standard InChI is InChI=1S/C15H13NO3.Na/c1-9(15(17)18)10-4-5-13-12(7-10)8-11-3-2-6-16-14(11)19-13;/h2-7,9H,8H2,1H3,(H,17,18);/q;+1/p-1. The molecule has 5 heteroatoms. The van der Waals surface area contributed by atoms with E-state index in [-0.39, 0.29) is 29.6 Å². The maximum absolute atomic E-state index is 10.9. The van der Waals surface area contributed by atoms with Crippen molar-refractivity contribution in [1.29, 1.82) is 0 Å². The van der Waals surface area contributed by atoms with Gasteiger partial charge in [0, 0.05) is 30.1 Å². The fourth-order valence-electron chi connectivity index (χ4n) is 2.20. The van der Waals surface area contributed by atoms with Gasteiger partial charge in [-0.2, -0.15) is 0 Å².